The Morgan fingerprint density at radius 2 is 1.89 bits per heavy atom. The van der Waals surface area contributed by atoms with E-state index in [2.05, 4.69) is 15.3 Å². The molecule has 0 aliphatic carbocycles. The summed E-state index contributed by atoms with van der Waals surface area (Å²) in [6, 6.07) is 7.19. The Morgan fingerprint density at radius 1 is 1.15 bits per heavy atom. The van der Waals surface area contributed by atoms with Gasteiger partial charge in [-0.2, -0.15) is 0 Å². The number of nitrogens with zero attached hydrogens (tertiary/aromatic N) is 3. The molecule has 0 spiro atoms. The number of benzene rings is 1. The van der Waals surface area contributed by atoms with Gasteiger partial charge >= 0.3 is 0 Å². The number of carbonyl (C=O) groups is 1. The van der Waals surface area contributed by atoms with Gasteiger partial charge in [0.2, 0.25) is 0 Å². The minimum Gasteiger partial charge on any atom is -0.356 e. The Hall–Kier alpha value is -2.48. The van der Waals surface area contributed by atoms with E-state index in [4.69, 9.17) is 0 Å². The second-order valence-electron chi connectivity index (χ2n) is 7.08. The molecule has 1 aliphatic rings. The molecule has 144 valence electrons. The van der Waals surface area contributed by atoms with Crippen LogP contribution < -0.4 is 10.2 Å². The summed E-state index contributed by atoms with van der Waals surface area (Å²) in [6.45, 7) is 5.72. The molecule has 1 N–H and O–H groups in total. The van der Waals surface area contributed by atoms with Crippen LogP contribution in [0.1, 0.15) is 33.9 Å². The average molecular weight is 388 g/mol. The first-order valence-electron chi connectivity index (χ1n) is 8.82. The second kappa shape index (κ2) is 7.26. The third-order valence-electron chi connectivity index (χ3n) is 4.94. The first-order valence-corrected chi connectivity index (χ1v) is 10.6. The summed E-state index contributed by atoms with van der Waals surface area (Å²) >= 11 is 0. The molecule has 1 aromatic carbocycles. The van der Waals surface area contributed by atoms with Crippen LogP contribution in [0.2, 0.25) is 0 Å². The van der Waals surface area contributed by atoms with Crippen molar-refractivity contribution in [1.29, 1.82) is 0 Å². The molecule has 1 fully saturated rings. The smallest absolute Gasteiger partial charge is 0.274 e. The van der Waals surface area contributed by atoms with Crippen LogP contribution in [0.4, 0.5) is 11.5 Å². The molecule has 1 amide bonds. The molecule has 3 rings (SSSR count). The lowest BCUT2D eigenvalue weighted by atomic mass is 10.1. The normalized spacial score (nSPS) is 18.3. The van der Waals surface area contributed by atoms with Gasteiger partial charge in [-0.1, -0.05) is 6.07 Å². The molecule has 0 saturated carbocycles. The maximum atomic E-state index is 12.6. The van der Waals surface area contributed by atoms with Gasteiger partial charge in [-0.15, -0.1) is 0 Å². The summed E-state index contributed by atoms with van der Waals surface area (Å²) < 4.78 is 23.5. The number of rotatable bonds is 4. The van der Waals surface area contributed by atoms with Crippen molar-refractivity contribution in [2.24, 2.45) is 0 Å². The SMILES string of the molecule is Cc1nc(C(=O)Nc2ccc(C)c(C)c2)cc(N(C)C2CCS(=O)(=O)C2)n1. The van der Waals surface area contributed by atoms with Gasteiger partial charge in [-0.05, 0) is 50.5 Å². The Morgan fingerprint density at radius 3 is 2.52 bits per heavy atom. The third kappa shape index (κ3) is 4.44. The van der Waals surface area contributed by atoms with E-state index in [0.717, 1.165) is 11.1 Å². The van der Waals surface area contributed by atoms with Crippen molar-refractivity contribution in [3.8, 4) is 0 Å². The number of aryl methyl sites for hydroxylation is 3. The zero-order valence-corrected chi connectivity index (χ0v) is 16.8. The third-order valence-corrected chi connectivity index (χ3v) is 6.69. The molecule has 0 bridgehead atoms. The van der Waals surface area contributed by atoms with Gasteiger partial charge in [0, 0.05) is 24.8 Å². The average Bonchev–Trinajstić information content (AvgIpc) is 2.97. The van der Waals surface area contributed by atoms with Crippen molar-refractivity contribution in [2.75, 3.05) is 28.8 Å². The Bertz CT molecular complexity index is 988. The predicted molar refractivity (Wildman–Crippen MR) is 106 cm³/mol. The second-order valence-corrected chi connectivity index (χ2v) is 9.31. The number of hydrogen-bond acceptors (Lipinski definition) is 6. The number of aromatic nitrogens is 2. The van der Waals surface area contributed by atoms with E-state index in [-0.39, 0.29) is 29.1 Å². The topological polar surface area (TPSA) is 92.3 Å². The minimum atomic E-state index is -3.00. The zero-order valence-electron chi connectivity index (χ0n) is 16.0. The molecule has 0 radical (unpaired) electrons. The lowest BCUT2D eigenvalue weighted by molar-refractivity contribution is 0.102. The van der Waals surface area contributed by atoms with Crippen LogP contribution in [0, 0.1) is 20.8 Å². The van der Waals surface area contributed by atoms with E-state index in [1.165, 1.54) is 0 Å². The molecule has 2 aromatic rings. The Balaban J connectivity index is 1.82. The summed E-state index contributed by atoms with van der Waals surface area (Å²) in [4.78, 5) is 23.1. The van der Waals surface area contributed by atoms with Crippen LogP contribution in [0.3, 0.4) is 0 Å². The van der Waals surface area contributed by atoms with Crippen LogP contribution in [-0.2, 0) is 9.84 Å². The number of carbonyl (C=O) groups excluding carboxylic acids is 1. The Kier molecular flexibility index (Phi) is 5.19. The fourth-order valence-corrected chi connectivity index (χ4v) is 4.91. The first-order chi connectivity index (χ1) is 12.6. The molecule has 1 aliphatic heterocycles. The van der Waals surface area contributed by atoms with Gasteiger partial charge in [0.25, 0.3) is 5.91 Å². The van der Waals surface area contributed by atoms with Crippen molar-refractivity contribution in [2.45, 2.75) is 33.2 Å². The number of anilines is 2. The summed E-state index contributed by atoms with van der Waals surface area (Å²) in [6.07, 6.45) is 0.562. The molecule has 1 atom stereocenters. The lowest BCUT2D eigenvalue weighted by Gasteiger charge is -2.25. The van der Waals surface area contributed by atoms with E-state index in [1.807, 2.05) is 36.9 Å². The number of sulfone groups is 1. The van der Waals surface area contributed by atoms with E-state index in [9.17, 15) is 13.2 Å². The van der Waals surface area contributed by atoms with Gasteiger partial charge in [-0.3, -0.25) is 4.79 Å². The first kappa shape index (κ1) is 19.3. The van der Waals surface area contributed by atoms with E-state index in [0.29, 0.717) is 23.8 Å². The van der Waals surface area contributed by atoms with Crippen molar-refractivity contribution in [3.63, 3.8) is 0 Å². The molecule has 1 saturated heterocycles. The highest BCUT2D eigenvalue weighted by molar-refractivity contribution is 7.91. The molecule has 8 heteroatoms. The highest BCUT2D eigenvalue weighted by Crippen LogP contribution is 2.22. The fourth-order valence-electron chi connectivity index (χ4n) is 3.13. The van der Waals surface area contributed by atoms with Gasteiger partial charge in [0.05, 0.1) is 11.5 Å². The van der Waals surface area contributed by atoms with Crippen LogP contribution in [0.15, 0.2) is 24.3 Å². The molecule has 1 unspecified atom stereocenters. The lowest BCUT2D eigenvalue weighted by Crippen LogP contribution is -2.33. The van der Waals surface area contributed by atoms with Gasteiger partial charge in [0.15, 0.2) is 9.84 Å². The van der Waals surface area contributed by atoms with E-state index in [1.54, 1.807) is 20.0 Å². The maximum absolute atomic E-state index is 12.6. The van der Waals surface area contributed by atoms with Crippen LogP contribution in [0.25, 0.3) is 0 Å². The van der Waals surface area contributed by atoms with Crippen molar-refractivity contribution in [1.82, 2.24) is 9.97 Å². The van der Waals surface area contributed by atoms with Gasteiger partial charge in [-0.25, -0.2) is 18.4 Å². The fraction of sp³-hybridized carbons (Fsp3) is 0.421. The molecule has 27 heavy (non-hydrogen) atoms. The highest BCUT2D eigenvalue weighted by atomic mass is 32.2. The summed E-state index contributed by atoms with van der Waals surface area (Å²) in [5, 5.41) is 2.86. The van der Waals surface area contributed by atoms with E-state index < -0.39 is 9.84 Å². The zero-order chi connectivity index (χ0) is 19.8. The maximum Gasteiger partial charge on any atom is 0.274 e. The Labute approximate surface area is 159 Å². The van der Waals surface area contributed by atoms with Crippen LogP contribution in [-0.4, -0.2) is 48.9 Å². The summed E-state index contributed by atoms with van der Waals surface area (Å²) in [5.41, 5.74) is 3.20. The van der Waals surface area contributed by atoms with Crippen LogP contribution >= 0.6 is 0 Å². The number of nitrogens with one attached hydrogen (secondary N) is 1. The van der Waals surface area contributed by atoms with E-state index >= 15 is 0 Å². The predicted octanol–water partition coefficient (Wildman–Crippen LogP) is 2.28. The van der Waals surface area contributed by atoms with Crippen molar-refractivity contribution >= 4 is 27.2 Å². The molecular weight excluding hydrogens is 364 g/mol. The summed E-state index contributed by atoms with van der Waals surface area (Å²) in [7, 11) is -1.19. The monoisotopic (exact) mass is 388 g/mol. The molecule has 1 aromatic heterocycles. The van der Waals surface area contributed by atoms with Crippen LogP contribution in [0.5, 0.6) is 0 Å². The molecule has 2 heterocycles. The highest BCUT2D eigenvalue weighted by Gasteiger charge is 2.31. The number of hydrogen-bond donors (Lipinski definition) is 1. The van der Waals surface area contributed by atoms with Gasteiger partial charge < -0.3 is 10.2 Å². The van der Waals surface area contributed by atoms with Crippen molar-refractivity contribution in [3.05, 3.63) is 46.9 Å². The molecule has 7 nitrogen and oxygen atoms in total. The van der Waals surface area contributed by atoms with Gasteiger partial charge in [0.1, 0.15) is 17.3 Å². The largest absolute Gasteiger partial charge is 0.356 e. The standard InChI is InChI=1S/C19H24N4O3S/c1-12-5-6-15(9-13(12)2)22-19(24)17-10-18(21-14(3)20-17)23(4)16-7-8-27(25,26)11-16/h5-6,9-10,16H,7-8,11H2,1-4H3,(H,22,24). The minimum absolute atomic E-state index is 0.108. The summed E-state index contributed by atoms with van der Waals surface area (Å²) in [5.74, 6) is 0.987. The number of amides is 1. The van der Waals surface area contributed by atoms with Crippen molar-refractivity contribution < 1.29 is 13.2 Å². The molecular formula is C19H24N4O3S. The quantitative estimate of drug-likeness (QED) is 0.864.